The van der Waals surface area contributed by atoms with Crippen LogP contribution in [0.3, 0.4) is 0 Å². The summed E-state index contributed by atoms with van der Waals surface area (Å²) in [6.07, 6.45) is 1.66. The molecule has 0 radical (unpaired) electrons. The van der Waals surface area contributed by atoms with Gasteiger partial charge in [0.15, 0.2) is 0 Å². The Morgan fingerprint density at radius 1 is 1.27 bits per heavy atom. The van der Waals surface area contributed by atoms with Gasteiger partial charge < -0.3 is 10.5 Å². The van der Waals surface area contributed by atoms with E-state index in [0.29, 0.717) is 19.0 Å². The summed E-state index contributed by atoms with van der Waals surface area (Å²) in [6, 6.07) is 0.228. The topological polar surface area (TPSA) is 52.3 Å². The van der Waals surface area contributed by atoms with E-state index in [9.17, 15) is 4.79 Å². The third-order valence-electron chi connectivity index (χ3n) is 2.62. The number of ketones is 1. The lowest BCUT2D eigenvalue weighted by Gasteiger charge is -2.35. The first kappa shape index (κ1) is 7.25. The lowest BCUT2D eigenvalue weighted by atomic mass is 9.77. The van der Waals surface area contributed by atoms with Gasteiger partial charge in [-0.1, -0.05) is 0 Å². The van der Waals surface area contributed by atoms with E-state index in [0.717, 1.165) is 12.8 Å². The van der Waals surface area contributed by atoms with Crippen molar-refractivity contribution in [2.24, 2.45) is 17.6 Å². The van der Waals surface area contributed by atoms with Crippen molar-refractivity contribution in [1.82, 2.24) is 0 Å². The zero-order valence-corrected chi connectivity index (χ0v) is 6.45. The molecule has 62 valence electrons. The van der Waals surface area contributed by atoms with Crippen LogP contribution in [0.4, 0.5) is 0 Å². The zero-order chi connectivity index (χ0) is 7.84. The highest BCUT2D eigenvalue weighted by molar-refractivity contribution is 5.85. The van der Waals surface area contributed by atoms with Crippen molar-refractivity contribution in [3.05, 3.63) is 0 Å². The number of Topliss-reactive ketones (excluding diaryl/α,β-unsaturated/α-hetero) is 1. The normalized spacial score (nSPS) is 44.1. The summed E-state index contributed by atoms with van der Waals surface area (Å²) in [5.41, 5.74) is 5.78. The highest BCUT2D eigenvalue weighted by Crippen LogP contribution is 2.29. The number of fused-ring (bicyclic) bond motifs is 2. The Balaban J connectivity index is 2.13. The Kier molecular flexibility index (Phi) is 1.69. The van der Waals surface area contributed by atoms with Gasteiger partial charge in [-0.15, -0.1) is 0 Å². The van der Waals surface area contributed by atoms with Gasteiger partial charge in [0.2, 0.25) is 0 Å². The number of hydrogen-bond acceptors (Lipinski definition) is 3. The maximum Gasteiger partial charge on any atom is 0.143 e. The molecule has 2 aliphatic rings. The fraction of sp³-hybridized carbons (Fsp3) is 0.875. The molecule has 1 unspecified atom stereocenters. The third-order valence-corrected chi connectivity index (χ3v) is 2.62. The molecule has 1 aliphatic carbocycles. The Bertz CT molecular complexity index is 165. The first-order valence-corrected chi connectivity index (χ1v) is 4.14. The van der Waals surface area contributed by atoms with Gasteiger partial charge in [-0.05, 0) is 12.8 Å². The molecule has 11 heavy (non-hydrogen) atoms. The predicted octanol–water partition coefficient (Wildman–Crippen LogP) is -0.0608. The van der Waals surface area contributed by atoms with Crippen LogP contribution in [-0.4, -0.2) is 25.0 Å². The van der Waals surface area contributed by atoms with Crippen LogP contribution < -0.4 is 5.73 Å². The summed E-state index contributed by atoms with van der Waals surface area (Å²) >= 11 is 0. The van der Waals surface area contributed by atoms with E-state index in [4.69, 9.17) is 10.5 Å². The van der Waals surface area contributed by atoms with Gasteiger partial charge in [-0.3, -0.25) is 4.79 Å². The summed E-state index contributed by atoms with van der Waals surface area (Å²) in [7, 11) is 0. The summed E-state index contributed by atoms with van der Waals surface area (Å²) in [4.78, 5) is 11.4. The Morgan fingerprint density at radius 3 is 2.36 bits per heavy atom. The molecule has 1 heterocycles. The van der Waals surface area contributed by atoms with Crippen LogP contribution in [0.2, 0.25) is 0 Å². The molecule has 1 saturated heterocycles. The smallest absolute Gasteiger partial charge is 0.143 e. The van der Waals surface area contributed by atoms with E-state index in [1.54, 1.807) is 0 Å². The molecule has 2 N–H and O–H groups in total. The van der Waals surface area contributed by atoms with E-state index in [1.807, 2.05) is 0 Å². The van der Waals surface area contributed by atoms with Gasteiger partial charge in [0.05, 0.1) is 13.2 Å². The molecule has 3 atom stereocenters. The standard InChI is InChI=1S/C8H13NO2/c9-7-1-5-3-11-4-6(2-7)8(5)10/h5-7H,1-4,9H2/t5-,6+,7?. The Labute approximate surface area is 65.9 Å². The van der Waals surface area contributed by atoms with Crippen LogP contribution in [0.5, 0.6) is 0 Å². The Morgan fingerprint density at radius 2 is 1.82 bits per heavy atom. The van der Waals surface area contributed by atoms with Crippen LogP contribution in [0, 0.1) is 11.8 Å². The van der Waals surface area contributed by atoms with Crippen LogP contribution in [0.25, 0.3) is 0 Å². The number of carbonyl (C=O) groups excluding carboxylic acids is 1. The van der Waals surface area contributed by atoms with Gasteiger partial charge in [0.1, 0.15) is 5.78 Å². The average Bonchev–Trinajstić information content (AvgIpc) is 1.92. The summed E-state index contributed by atoms with van der Waals surface area (Å²) in [5, 5.41) is 0. The number of hydrogen-bond donors (Lipinski definition) is 1. The quantitative estimate of drug-likeness (QED) is 0.533. The van der Waals surface area contributed by atoms with E-state index in [-0.39, 0.29) is 17.9 Å². The van der Waals surface area contributed by atoms with Crippen molar-refractivity contribution in [2.45, 2.75) is 18.9 Å². The average molecular weight is 155 g/mol. The molecular formula is C8H13NO2. The molecule has 2 fully saturated rings. The second-order valence-electron chi connectivity index (χ2n) is 3.57. The summed E-state index contributed by atoms with van der Waals surface area (Å²) in [6.45, 7) is 1.20. The fourth-order valence-electron chi connectivity index (χ4n) is 2.05. The van der Waals surface area contributed by atoms with Crippen molar-refractivity contribution < 1.29 is 9.53 Å². The number of rotatable bonds is 0. The first-order valence-electron chi connectivity index (χ1n) is 4.14. The SMILES string of the molecule is NC1C[C@H]2COC[C@@H](C1)C2=O. The second-order valence-corrected chi connectivity index (χ2v) is 3.57. The van der Waals surface area contributed by atoms with Gasteiger partial charge in [-0.2, -0.15) is 0 Å². The molecule has 3 heteroatoms. The molecule has 1 aliphatic heterocycles. The van der Waals surface area contributed by atoms with E-state index < -0.39 is 0 Å². The minimum atomic E-state index is 0.109. The van der Waals surface area contributed by atoms with E-state index in [1.165, 1.54) is 0 Å². The lowest BCUT2D eigenvalue weighted by molar-refractivity contribution is -0.141. The van der Waals surface area contributed by atoms with Crippen molar-refractivity contribution in [1.29, 1.82) is 0 Å². The first-order chi connectivity index (χ1) is 5.27. The molecule has 3 nitrogen and oxygen atoms in total. The maximum absolute atomic E-state index is 11.4. The zero-order valence-electron chi connectivity index (χ0n) is 6.45. The molecule has 0 aromatic carbocycles. The molecular weight excluding hydrogens is 142 g/mol. The highest BCUT2D eigenvalue weighted by atomic mass is 16.5. The van der Waals surface area contributed by atoms with Crippen molar-refractivity contribution in [2.75, 3.05) is 13.2 Å². The van der Waals surface area contributed by atoms with Crippen molar-refractivity contribution >= 4 is 5.78 Å². The number of nitrogens with two attached hydrogens (primary N) is 1. The maximum atomic E-state index is 11.4. The van der Waals surface area contributed by atoms with E-state index >= 15 is 0 Å². The third kappa shape index (κ3) is 1.19. The molecule has 0 aromatic heterocycles. The molecule has 2 bridgehead atoms. The monoisotopic (exact) mass is 155 g/mol. The van der Waals surface area contributed by atoms with Gasteiger partial charge in [0, 0.05) is 17.9 Å². The van der Waals surface area contributed by atoms with Crippen LogP contribution in [0.15, 0.2) is 0 Å². The largest absolute Gasteiger partial charge is 0.380 e. The van der Waals surface area contributed by atoms with E-state index in [2.05, 4.69) is 0 Å². The molecule has 0 spiro atoms. The lowest BCUT2D eigenvalue weighted by Crippen LogP contribution is -2.46. The summed E-state index contributed by atoms with van der Waals surface area (Å²) in [5.74, 6) is 0.605. The second kappa shape index (κ2) is 2.57. The van der Waals surface area contributed by atoms with Gasteiger partial charge in [0.25, 0.3) is 0 Å². The van der Waals surface area contributed by atoms with Crippen LogP contribution in [-0.2, 0) is 9.53 Å². The van der Waals surface area contributed by atoms with Crippen molar-refractivity contribution in [3.8, 4) is 0 Å². The highest BCUT2D eigenvalue weighted by Gasteiger charge is 2.38. The van der Waals surface area contributed by atoms with Crippen molar-refractivity contribution in [3.63, 3.8) is 0 Å². The fourth-order valence-corrected chi connectivity index (χ4v) is 2.05. The van der Waals surface area contributed by atoms with Crippen LogP contribution >= 0.6 is 0 Å². The molecule has 1 saturated carbocycles. The van der Waals surface area contributed by atoms with Gasteiger partial charge >= 0.3 is 0 Å². The Hall–Kier alpha value is -0.410. The van der Waals surface area contributed by atoms with Crippen LogP contribution in [0.1, 0.15) is 12.8 Å². The van der Waals surface area contributed by atoms with Gasteiger partial charge in [-0.25, -0.2) is 0 Å². The molecule has 2 rings (SSSR count). The predicted molar refractivity (Wildman–Crippen MR) is 40.0 cm³/mol. The molecule has 0 amide bonds. The summed E-state index contributed by atoms with van der Waals surface area (Å²) < 4.78 is 5.28. The minimum absolute atomic E-state index is 0.109. The minimum Gasteiger partial charge on any atom is -0.380 e. The number of ether oxygens (including phenoxy) is 1. The molecule has 0 aromatic rings. The number of carbonyl (C=O) groups is 1.